The van der Waals surface area contributed by atoms with Crippen molar-refractivity contribution >= 4 is 71.3 Å². The fourth-order valence-electron chi connectivity index (χ4n) is 2.46. The van der Waals surface area contributed by atoms with Crippen molar-refractivity contribution in [2.75, 3.05) is 0 Å². The Morgan fingerprint density at radius 2 is 0.870 bits per heavy atom. The zero-order valence-corrected chi connectivity index (χ0v) is 16.8. The monoisotopic (exact) mass is 444 g/mol. The van der Waals surface area contributed by atoms with Crippen LogP contribution in [0.25, 0.3) is 0 Å². The quantitative estimate of drug-likeness (QED) is 0.393. The molecule has 0 N–H and O–H groups in total. The van der Waals surface area contributed by atoms with Crippen LogP contribution in [0.3, 0.4) is 0 Å². The van der Waals surface area contributed by atoms with Crippen LogP contribution in [0.1, 0.15) is 0 Å². The predicted octanol–water partition coefficient (Wildman–Crippen LogP) is 5.02. The van der Waals surface area contributed by atoms with E-state index in [-0.39, 0.29) is 0 Å². The second-order valence-corrected chi connectivity index (χ2v) is 12.6. The van der Waals surface area contributed by atoms with Crippen LogP contribution in [0, 0.1) is 0 Å². The Balaban J connectivity index is 2.32. The van der Waals surface area contributed by atoms with E-state index in [1.807, 2.05) is 54.6 Å². The van der Waals surface area contributed by atoms with Crippen molar-refractivity contribution in [1.82, 2.24) is 0 Å². The van der Waals surface area contributed by atoms with E-state index in [9.17, 15) is 0 Å². The first-order valence-corrected chi connectivity index (χ1v) is 12.0. The van der Waals surface area contributed by atoms with Crippen molar-refractivity contribution in [3.63, 3.8) is 0 Å². The third kappa shape index (κ3) is 3.62. The van der Waals surface area contributed by atoms with Crippen LogP contribution in [0.15, 0.2) is 72.8 Å². The van der Waals surface area contributed by atoms with Crippen molar-refractivity contribution < 1.29 is 0 Å². The van der Waals surface area contributed by atoms with Gasteiger partial charge in [0.25, 0.3) is 0 Å². The molecule has 0 spiro atoms. The molecule has 0 amide bonds. The normalized spacial score (nSPS) is 11.4. The summed E-state index contributed by atoms with van der Waals surface area (Å²) in [4.78, 5) is 0. The molecule has 5 heteroatoms. The number of rotatable bonds is 3. The Labute approximate surface area is 158 Å². The number of benzene rings is 3. The first-order valence-electron chi connectivity index (χ1n) is 6.88. The van der Waals surface area contributed by atoms with E-state index in [2.05, 4.69) is 33.3 Å². The Bertz CT molecular complexity index is 790. The Morgan fingerprint density at radius 1 is 0.565 bits per heavy atom. The van der Waals surface area contributed by atoms with Crippen molar-refractivity contribution in [2.24, 2.45) is 0 Å². The zero-order valence-electron chi connectivity index (χ0n) is 11.9. The van der Waals surface area contributed by atoms with Gasteiger partial charge in [-0.25, -0.2) is 0 Å². The summed E-state index contributed by atoms with van der Waals surface area (Å²) in [6.45, 7) is 0. The molecule has 116 valence electrons. The molecule has 3 aromatic carbocycles. The summed E-state index contributed by atoms with van der Waals surface area (Å²) in [5.41, 5.74) is -1.99. The molecule has 0 nitrogen and oxygen atoms in total. The summed E-state index contributed by atoms with van der Waals surface area (Å²) >= 11 is 22.2. The second-order valence-electron chi connectivity index (χ2n) is 5.05. The van der Waals surface area contributed by atoms with Gasteiger partial charge in [0.15, 0.2) is 0 Å². The SMILES string of the molecule is Clc1cccc(P(=[Se])(c2cccc(Cl)c2)c2cccc(Cl)c2)c1. The predicted molar refractivity (Wildman–Crippen MR) is 106 cm³/mol. The summed E-state index contributed by atoms with van der Waals surface area (Å²) in [5, 5.41) is 5.59. The molecule has 0 aliphatic rings. The molecule has 23 heavy (non-hydrogen) atoms. The molecule has 0 aliphatic heterocycles. The molecule has 0 saturated carbocycles. The average Bonchev–Trinajstić information content (AvgIpc) is 2.54. The topological polar surface area (TPSA) is 0 Å². The van der Waals surface area contributed by atoms with E-state index in [1.54, 1.807) is 0 Å². The second kappa shape index (κ2) is 7.16. The Morgan fingerprint density at radius 3 is 1.13 bits per heavy atom. The molecule has 0 heterocycles. The molecule has 3 aromatic rings. The van der Waals surface area contributed by atoms with Gasteiger partial charge in [-0.15, -0.1) is 0 Å². The Kier molecular flexibility index (Phi) is 5.39. The molecular weight excluding hydrogens is 432 g/mol. The van der Waals surface area contributed by atoms with Crippen LogP contribution in [-0.2, 0) is 0 Å². The van der Waals surface area contributed by atoms with Gasteiger partial charge in [-0.1, -0.05) is 0 Å². The third-order valence-electron chi connectivity index (χ3n) is 3.52. The molecule has 0 aromatic heterocycles. The van der Waals surface area contributed by atoms with Crippen molar-refractivity contribution in [3.8, 4) is 0 Å². The molecule has 0 aliphatic carbocycles. The first kappa shape index (κ1) is 17.3. The first-order chi connectivity index (χ1) is 11.0. The van der Waals surface area contributed by atoms with E-state index in [0.29, 0.717) is 15.1 Å². The van der Waals surface area contributed by atoms with Gasteiger partial charge in [-0.3, -0.25) is 0 Å². The molecule has 0 unspecified atom stereocenters. The van der Waals surface area contributed by atoms with Crippen LogP contribution < -0.4 is 15.9 Å². The molecule has 0 atom stereocenters. The zero-order chi connectivity index (χ0) is 16.4. The third-order valence-corrected chi connectivity index (χ3v) is 11.2. The molecule has 0 fully saturated rings. The van der Waals surface area contributed by atoms with Gasteiger partial charge in [0, 0.05) is 0 Å². The van der Waals surface area contributed by atoms with Gasteiger partial charge in [-0.05, 0) is 0 Å². The van der Waals surface area contributed by atoms with Crippen molar-refractivity contribution in [2.45, 2.75) is 0 Å². The van der Waals surface area contributed by atoms with Gasteiger partial charge in [0.2, 0.25) is 0 Å². The fraction of sp³-hybridized carbons (Fsp3) is 0. The van der Waals surface area contributed by atoms with Crippen LogP contribution in [-0.4, -0.2) is 15.1 Å². The fourth-order valence-corrected chi connectivity index (χ4v) is 8.15. The molecule has 0 bridgehead atoms. The molecule has 0 saturated heterocycles. The number of halogens is 3. The summed E-state index contributed by atoms with van der Waals surface area (Å²) in [5.74, 6) is 0. The summed E-state index contributed by atoms with van der Waals surface area (Å²) < 4.78 is 0. The molecular formula is C18H12Cl3PSe. The van der Waals surface area contributed by atoms with Gasteiger partial charge < -0.3 is 0 Å². The van der Waals surface area contributed by atoms with Crippen LogP contribution in [0.5, 0.6) is 0 Å². The summed E-state index contributed by atoms with van der Waals surface area (Å²) in [7, 11) is 0. The summed E-state index contributed by atoms with van der Waals surface area (Å²) in [6, 6.07) is 23.9. The van der Waals surface area contributed by atoms with Crippen molar-refractivity contribution in [3.05, 3.63) is 87.9 Å². The maximum atomic E-state index is 6.24. The van der Waals surface area contributed by atoms with E-state index in [0.717, 1.165) is 15.9 Å². The van der Waals surface area contributed by atoms with Gasteiger partial charge >= 0.3 is 159 Å². The average molecular weight is 445 g/mol. The van der Waals surface area contributed by atoms with E-state index >= 15 is 0 Å². The van der Waals surface area contributed by atoms with Crippen LogP contribution in [0.2, 0.25) is 15.1 Å². The standard InChI is InChI=1S/C18H12Cl3PSe/c19-13-4-1-7-16(10-13)22(23,17-8-2-5-14(20)11-17)18-9-3-6-15(21)12-18/h1-12H. The van der Waals surface area contributed by atoms with Crippen LogP contribution >= 0.6 is 40.3 Å². The minimum atomic E-state index is -1.99. The summed E-state index contributed by atoms with van der Waals surface area (Å²) in [6.07, 6.45) is 0. The van der Waals surface area contributed by atoms with Gasteiger partial charge in [0.05, 0.1) is 0 Å². The van der Waals surface area contributed by atoms with E-state index in [4.69, 9.17) is 34.8 Å². The van der Waals surface area contributed by atoms with E-state index < -0.39 is 5.51 Å². The molecule has 3 rings (SSSR count). The van der Waals surface area contributed by atoms with Crippen molar-refractivity contribution in [1.29, 1.82) is 0 Å². The maximum absolute atomic E-state index is 6.24. The minimum absolute atomic E-state index is 0.714. The molecule has 0 radical (unpaired) electrons. The van der Waals surface area contributed by atoms with Crippen LogP contribution in [0.4, 0.5) is 0 Å². The van der Waals surface area contributed by atoms with E-state index in [1.165, 1.54) is 0 Å². The Hall–Kier alpha value is -0.521. The van der Waals surface area contributed by atoms with Gasteiger partial charge in [-0.2, -0.15) is 0 Å². The van der Waals surface area contributed by atoms with Gasteiger partial charge in [0.1, 0.15) is 0 Å². The number of hydrogen-bond acceptors (Lipinski definition) is 0. The number of hydrogen-bond donors (Lipinski definition) is 0.